The summed E-state index contributed by atoms with van der Waals surface area (Å²) in [6.45, 7) is 10.7. The highest BCUT2D eigenvalue weighted by molar-refractivity contribution is 5.93. The number of hydrogen-bond donors (Lipinski definition) is 3. The Morgan fingerprint density at radius 3 is 2.11 bits per heavy atom. The summed E-state index contributed by atoms with van der Waals surface area (Å²) < 4.78 is 5.37. The molecular formula is C28H44N4O5. The van der Waals surface area contributed by atoms with Gasteiger partial charge in [-0.1, -0.05) is 49.6 Å². The molecule has 206 valence electrons. The summed E-state index contributed by atoms with van der Waals surface area (Å²) >= 11 is 0. The highest BCUT2D eigenvalue weighted by Gasteiger charge is 2.42. The van der Waals surface area contributed by atoms with E-state index in [2.05, 4.69) is 10.6 Å². The fourth-order valence-corrected chi connectivity index (χ4v) is 4.59. The summed E-state index contributed by atoms with van der Waals surface area (Å²) in [5.74, 6) is -1.36. The molecule has 1 aliphatic carbocycles. The molecule has 0 saturated heterocycles. The summed E-state index contributed by atoms with van der Waals surface area (Å²) in [5.41, 5.74) is 4.44. The first kappa shape index (κ1) is 30.1. The van der Waals surface area contributed by atoms with Gasteiger partial charge >= 0.3 is 6.09 Å². The topological polar surface area (TPSA) is 131 Å². The molecule has 1 aromatic rings. The number of nitrogens with zero attached hydrogens (tertiary/aromatic N) is 1. The molecule has 1 saturated carbocycles. The Morgan fingerprint density at radius 1 is 1.00 bits per heavy atom. The van der Waals surface area contributed by atoms with Gasteiger partial charge in [0.1, 0.15) is 17.7 Å². The first-order chi connectivity index (χ1) is 17.2. The average Bonchev–Trinajstić information content (AvgIpc) is 2.78. The van der Waals surface area contributed by atoms with Crippen LogP contribution in [0.5, 0.6) is 0 Å². The van der Waals surface area contributed by atoms with Gasteiger partial charge in [0.25, 0.3) is 0 Å². The minimum atomic E-state index is -1.12. The molecule has 1 aliphatic rings. The molecule has 0 heterocycles. The van der Waals surface area contributed by atoms with Gasteiger partial charge in [0.2, 0.25) is 17.7 Å². The Balaban J connectivity index is 2.47. The summed E-state index contributed by atoms with van der Waals surface area (Å²) in [6.07, 6.45) is 4.14. The lowest BCUT2D eigenvalue weighted by Gasteiger charge is -2.43. The lowest BCUT2D eigenvalue weighted by molar-refractivity contribution is -0.149. The van der Waals surface area contributed by atoms with E-state index in [0.29, 0.717) is 5.56 Å². The number of rotatable bonds is 9. The van der Waals surface area contributed by atoms with Gasteiger partial charge in [-0.15, -0.1) is 0 Å². The Kier molecular flexibility index (Phi) is 10.5. The highest BCUT2D eigenvalue weighted by atomic mass is 16.6. The van der Waals surface area contributed by atoms with Crippen LogP contribution < -0.4 is 16.4 Å². The molecule has 2 unspecified atom stereocenters. The van der Waals surface area contributed by atoms with Gasteiger partial charge in [0.15, 0.2) is 0 Å². The lowest BCUT2D eigenvalue weighted by atomic mass is 9.92. The minimum Gasteiger partial charge on any atom is -0.444 e. The first-order valence-electron chi connectivity index (χ1n) is 13.2. The van der Waals surface area contributed by atoms with Crippen molar-refractivity contribution < 1.29 is 23.9 Å². The van der Waals surface area contributed by atoms with Crippen LogP contribution in [-0.4, -0.2) is 51.9 Å². The average molecular weight is 517 g/mol. The summed E-state index contributed by atoms with van der Waals surface area (Å²) in [7, 11) is 0. The van der Waals surface area contributed by atoms with E-state index in [9.17, 15) is 19.2 Å². The van der Waals surface area contributed by atoms with E-state index in [1.165, 1.54) is 4.90 Å². The quantitative estimate of drug-likeness (QED) is 0.457. The van der Waals surface area contributed by atoms with Crippen molar-refractivity contribution in [1.82, 2.24) is 15.5 Å². The number of nitrogens with two attached hydrogens (primary N) is 1. The number of carbonyl (C=O) groups is 4. The third-order valence-electron chi connectivity index (χ3n) is 6.20. The number of ether oxygens (including phenoxy) is 1. The molecular weight excluding hydrogens is 472 g/mol. The molecule has 1 aromatic carbocycles. The fraction of sp³-hybridized carbons (Fsp3) is 0.643. The molecule has 0 radical (unpaired) electrons. The first-order valence-corrected chi connectivity index (χ1v) is 13.2. The molecule has 0 aromatic heterocycles. The maximum atomic E-state index is 14.1. The van der Waals surface area contributed by atoms with Crippen molar-refractivity contribution in [1.29, 1.82) is 0 Å². The van der Waals surface area contributed by atoms with Crippen LogP contribution >= 0.6 is 0 Å². The van der Waals surface area contributed by atoms with Crippen LogP contribution in [0.2, 0.25) is 0 Å². The van der Waals surface area contributed by atoms with Crippen molar-refractivity contribution >= 4 is 23.8 Å². The summed E-state index contributed by atoms with van der Waals surface area (Å²) in [5, 5.41) is 5.78. The van der Waals surface area contributed by atoms with Gasteiger partial charge in [-0.2, -0.15) is 0 Å². The summed E-state index contributed by atoms with van der Waals surface area (Å²) in [4.78, 5) is 53.7. The zero-order chi connectivity index (χ0) is 27.8. The van der Waals surface area contributed by atoms with Crippen LogP contribution in [-0.2, 0) is 19.1 Å². The molecule has 0 bridgehead atoms. The van der Waals surface area contributed by atoms with E-state index in [1.54, 1.807) is 20.8 Å². The molecule has 2 atom stereocenters. The van der Waals surface area contributed by atoms with Gasteiger partial charge in [-0.3, -0.25) is 14.4 Å². The van der Waals surface area contributed by atoms with Crippen molar-refractivity contribution in [2.75, 3.05) is 0 Å². The van der Waals surface area contributed by atoms with E-state index in [4.69, 9.17) is 10.5 Å². The minimum absolute atomic E-state index is 0.0221. The van der Waals surface area contributed by atoms with Crippen LogP contribution in [0.25, 0.3) is 0 Å². The maximum Gasteiger partial charge on any atom is 0.408 e. The second-order valence-electron chi connectivity index (χ2n) is 11.7. The van der Waals surface area contributed by atoms with E-state index in [0.717, 1.165) is 32.1 Å². The van der Waals surface area contributed by atoms with Crippen molar-refractivity contribution in [3.8, 4) is 0 Å². The second-order valence-corrected chi connectivity index (χ2v) is 11.7. The van der Waals surface area contributed by atoms with Crippen molar-refractivity contribution in [2.45, 2.75) is 116 Å². The SMILES string of the molecule is CC(C)(C)OC(=O)NC(CCC(N)=O)C(=O)N(C(C(=O)NC1CCCCC1)c1ccccc1)C(C)(C)C. The van der Waals surface area contributed by atoms with Gasteiger partial charge in [0.05, 0.1) is 0 Å². The molecule has 0 spiro atoms. The van der Waals surface area contributed by atoms with Crippen LogP contribution in [0.1, 0.15) is 98.1 Å². The standard InChI is InChI=1S/C28H44N4O5/c1-27(2,3)32(25(35)21(17-18-22(29)33)31-26(36)37-28(4,5)6)23(19-13-9-7-10-14-19)24(34)30-20-15-11-8-12-16-20/h7,9-10,13-14,20-21,23H,8,11-12,15-18H2,1-6H3,(H2,29,33)(H,30,34)(H,31,36). The molecule has 4 N–H and O–H groups in total. The van der Waals surface area contributed by atoms with Crippen LogP contribution in [0.15, 0.2) is 30.3 Å². The summed E-state index contributed by atoms with van der Waals surface area (Å²) in [6, 6.07) is 7.13. The number of alkyl carbamates (subject to hydrolysis) is 1. The Hall–Kier alpha value is -3.10. The zero-order valence-electron chi connectivity index (χ0n) is 23.1. The largest absolute Gasteiger partial charge is 0.444 e. The number of primary amides is 1. The Bertz CT molecular complexity index is 930. The van der Waals surface area contributed by atoms with Crippen molar-refractivity contribution in [3.05, 3.63) is 35.9 Å². The third kappa shape index (κ3) is 9.70. The van der Waals surface area contributed by atoms with Gasteiger partial charge in [0, 0.05) is 18.0 Å². The number of nitrogens with one attached hydrogen (secondary N) is 2. The zero-order valence-corrected chi connectivity index (χ0v) is 23.1. The smallest absolute Gasteiger partial charge is 0.408 e. The normalized spacial score (nSPS) is 16.3. The van der Waals surface area contributed by atoms with Crippen molar-refractivity contribution in [2.24, 2.45) is 5.73 Å². The molecule has 9 nitrogen and oxygen atoms in total. The third-order valence-corrected chi connectivity index (χ3v) is 6.20. The van der Waals surface area contributed by atoms with Gasteiger partial charge in [-0.25, -0.2) is 4.79 Å². The monoisotopic (exact) mass is 516 g/mol. The lowest BCUT2D eigenvalue weighted by Crippen LogP contribution is -2.59. The molecule has 9 heteroatoms. The molecule has 4 amide bonds. The predicted octanol–water partition coefficient (Wildman–Crippen LogP) is 3.96. The number of amides is 4. The van der Waals surface area contributed by atoms with Crippen LogP contribution in [0.3, 0.4) is 0 Å². The van der Waals surface area contributed by atoms with E-state index in [1.807, 2.05) is 51.1 Å². The number of benzene rings is 1. The molecule has 1 fully saturated rings. The maximum absolute atomic E-state index is 14.1. The molecule has 37 heavy (non-hydrogen) atoms. The Morgan fingerprint density at radius 2 is 1.59 bits per heavy atom. The molecule has 2 rings (SSSR count). The highest BCUT2D eigenvalue weighted by Crippen LogP contribution is 2.31. The van der Waals surface area contributed by atoms with Gasteiger partial charge in [-0.05, 0) is 66.4 Å². The van der Waals surface area contributed by atoms with Crippen molar-refractivity contribution in [3.63, 3.8) is 0 Å². The van der Waals surface area contributed by atoms with Crippen LogP contribution in [0.4, 0.5) is 4.79 Å². The number of carbonyl (C=O) groups excluding carboxylic acids is 4. The number of hydrogen-bond acceptors (Lipinski definition) is 5. The molecule has 0 aliphatic heterocycles. The van der Waals surface area contributed by atoms with Crippen LogP contribution in [0, 0.1) is 0 Å². The van der Waals surface area contributed by atoms with Gasteiger partial charge < -0.3 is 26.0 Å². The van der Waals surface area contributed by atoms with E-state index < -0.39 is 41.1 Å². The Labute approximate surface area is 220 Å². The predicted molar refractivity (Wildman–Crippen MR) is 142 cm³/mol. The fourth-order valence-electron chi connectivity index (χ4n) is 4.59. The van der Waals surface area contributed by atoms with E-state index in [-0.39, 0.29) is 24.8 Å². The van der Waals surface area contributed by atoms with E-state index >= 15 is 0 Å². The second kappa shape index (κ2) is 12.9.